The zero-order valence-electron chi connectivity index (χ0n) is 18.8. The van der Waals surface area contributed by atoms with E-state index in [-0.39, 0.29) is 5.56 Å². The molecule has 6 rings (SSSR count). The molecule has 6 aromatic rings. The first-order chi connectivity index (χ1) is 16.6. The number of aromatic amines is 1. The number of ether oxygens (including phenoxy) is 1. The van der Waals surface area contributed by atoms with Gasteiger partial charge < -0.3 is 14.3 Å². The minimum absolute atomic E-state index is 0.182. The van der Waals surface area contributed by atoms with E-state index in [1.807, 2.05) is 67.7 Å². The minimum atomic E-state index is -0.182. The monoisotopic (exact) mass is 450 g/mol. The normalized spacial score (nSPS) is 11.6. The fraction of sp³-hybridized carbons (Fsp3) is 0.154. The molecule has 168 valence electrons. The second-order valence-corrected chi connectivity index (χ2v) is 8.29. The Kier molecular flexibility index (Phi) is 4.65. The number of aryl methyl sites for hydroxylation is 3. The van der Waals surface area contributed by atoms with Crippen molar-refractivity contribution in [2.75, 3.05) is 7.11 Å². The number of rotatable bonds is 5. The van der Waals surface area contributed by atoms with Crippen LogP contribution in [0.5, 0.6) is 5.75 Å². The number of H-pyrrole nitrogens is 1. The number of methoxy groups -OCH3 is 1. The van der Waals surface area contributed by atoms with E-state index in [1.165, 1.54) is 0 Å². The summed E-state index contributed by atoms with van der Waals surface area (Å²) in [7, 11) is 1.66. The van der Waals surface area contributed by atoms with Gasteiger partial charge in [-0.1, -0.05) is 30.3 Å². The number of benzene rings is 2. The van der Waals surface area contributed by atoms with Gasteiger partial charge in [-0.15, -0.1) is 10.2 Å². The van der Waals surface area contributed by atoms with Gasteiger partial charge in [0.2, 0.25) is 0 Å². The molecule has 1 N–H and O–H groups in total. The summed E-state index contributed by atoms with van der Waals surface area (Å²) >= 11 is 0. The molecule has 0 aliphatic rings. The number of aromatic nitrogens is 6. The highest BCUT2D eigenvalue weighted by Gasteiger charge is 2.17. The van der Waals surface area contributed by atoms with Gasteiger partial charge in [-0.2, -0.15) is 5.10 Å². The van der Waals surface area contributed by atoms with Crippen molar-refractivity contribution in [3.05, 3.63) is 88.6 Å². The Morgan fingerprint density at radius 2 is 1.91 bits per heavy atom. The smallest absolute Gasteiger partial charge is 0.280 e. The van der Waals surface area contributed by atoms with Gasteiger partial charge in [0, 0.05) is 29.8 Å². The predicted molar refractivity (Wildman–Crippen MR) is 131 cm³/mol. The average molecular weight is 451 g/mol. The molecule has 0 bridgehead atoms. The summed E-state index contributed by atoms with van der Waals surface area (Å²) in [6.07, 6.45) is 4.48. The lowest BCUT2D eigenvalue weighted by molar-refractivity contribution is 0.415. The van der Waals surface area contributed by atoms with Gasteiger partial charge in [-0.05, 0) is 48.7 Å². The topological polar surface area (TPSA) is 90.1 Å². The second kappa shape index (κ2) is 7.84. The molecule has 34 heavy (non-hydrogen) atoms. The number of hydrogen-bond acceptors (Lipinski definition) is 5. The van der Waals surface area contributed by atoms with Gasteiger partial charge in [0.25, 0.3) is 5.56 Å². The molecular formula is C26H22N6O2. The molecule has 2 aromatic carbocycles. The molecule has 8 nitrogen and oxygen atoms in total. The van der Waals surface area contributed by atoms with Crippen LogP contribution in [0.2, 0.25) is 0 Å². The summed E-state index contributed by atoms with van der Waals surface area (Å²) in [5.74, 6) is 0.805. The summed E-state index contributed by atoms with van der Waals surface area (Å²) in [4.78, 5) is 16.5. The van der Waals surface area contributed by atoms with E-state index in [9.17, 15) is 4.79 Å². The Hall–Kier alpha value is -4.46. The minimum Gasteiger partial charge on any atom is -0.497 e. The third-order valence-electron chi connectivity index (χ3n) is 6.29. The van der Waals surface area contributed by atoms with Crippen LogP contribution in [0.25, 0.3) is 38.7 Å². The fourth-order valence-corrected chi connectivity index (χ4v) is 4.54. The third kappa shape index (κ3) is 3.14. The largest absolute Gasteiger partial charge is 0.497 e. The van der Waals surface area contributed by atoms with Crippen molar-refractivity contribution < 1.29 is 4.74 Å². The van der Waals surface area contributed by atoms with E-state index in [0.29, 0.717) is 29.6 Å². The maximum Gasteiger partial charge on any atom is 0.280 e. The molecule has 0 aliphatic carbocycles. The SMILES string of the molecule is COc1ccc2[nH]cc(CCn3ccc4c(nnc5c(-c6ccccc6)c(C)nn54)c3=O)c2c1. The molecule has 0 unspecified atom stereocenters. The van der Waals surface area contributed by atoms with E-state index < -0.39 is 0 Å². The van der Waals surface area contributed by atoms with Crippen LogP contribution in [-0.2, 0) is 13.0 Å². The quantitative estimate of drug-likeness (QED) is 0.426. The van der Waals surface area contributed by atoms with Gasteiger partial charge in [0.15, 0.2) is 11.2 Å². The van der Waals surface area contributed by atoms with Crippen LogP contribution >= 0.6 is 0 Å². The highest BCUT2D eigenvalue weighted by atomic mass is 16.5. The van der Waals surface area contributed by atoms with Crippen molar-refractivity contribution >= 4 is 27.6 Å². The molecule has 0 aliphatic heterocycles. The van der Waals surface area contributed by atoms with Crippen molar-refractivity contribution in [1.29, 1.82) is 0 Å². The fourth-order valence-electron chi connectivity index (χ4n) is 4.54. The Morgan fingerprint density at radius 3 is 2.74 bits per heavy atom. The second-order valence-electron chi connectivity index (χ2n) is 8.29. The van der Waals surface area contributed by atoms with Crippen LogP contribution < -0.4 is 10.3 Å². The molecule has 0 radical (unpaired) electrons. The molecule has 0 saturated carbocycles. The number of pyridine rings is 1. The van der Waals surface area contributed by atoms with Crippen molar-refractivity contribution in [3.63, 3.8) is 0 Å². The summed E-state index contributed by atoms with van der Waals surface area (Å²) in [5.41, 5.74) is 6.36. The number of fused-ring (bicyclic) bond motifs is 4. The first-order valence-electron chi connectivity index (χ1n) is 11.1. The van der Waals surface area contributed by atoms with Crippen molar-refractivity contribution in [2.24, 2.45) is 0 Å². The van der Waals surface area contributed by atoms with Crippen LogP contribution in [0.15, 0.2) is 71.8 Å². The molecule has 0 saturated heterocycles. The Labute approximate surface area is 194 Å². The third-order valence-corrected chi connectivity index (χ3v) is 6.29. The number of nitrogens with one attached hydrogen (secondary N) is 1. The zero-order chi connectivity index (χ0) is 23.2. The highest BCUT2D eigenvalue weighted by Crippen LogP contribution is 2.28. The average Bonchev–Trinajstić information content (AvgIpc) is 3.43. The summed E-state index contributed by atoms with van der Waals surface area (Å²) in [5, 5.41) is 14.5. The number of nitrogens with zero attached hydrogens (tertiary/aromatic N) is 5. The molecule has 0 atom stereocenters. The van der Waals surface area contributed by atoms with E-state index in [0.717, 1.165) is 39.0 Å². The van der Waals surface area contributed by atoms with Gasteiger partial charge in [0.1, 0.15) is 11.3 Å². The maximum absolute atomic E-state index is 13.2. The first-order valence-corrected chi connectivity index (χ1v) is 11.1. The lowest BCUT2D eigenvalue weighted by Crippen LogP contribution is -2.22. The van der Waals surface area contributed by atoms with Crippen molar-refractivity contribution in [2.45, 2.75) is 19.9 Å². The molecule has 8 heteroatoms. The van der Waals surface area contributed by atoms with E-state index >= 15 is 0 Å². The van der Waals surface area contributed by atoms with E-state index in [2.05, 4.69) is 20.3 Å². The number of hydrogen-bond donors (Lipinski definition) is 1. The molecule has 0 spiro atoms. The Bertz CT molecular complexity index is 1730. The summed E-state index contributed by atoms with van der Waals surface area (Å²) < 4.78 is 8.75. The standard InChI is InChI=1S/C26H22N6O2/c1-16-23(17-6-4-3-5-7-17)25-29-28-24-22(32(25)30-16)11-13-31(26(24)33)12-10-18-15-27-21-9-8-19(34-2)14-20(18)21/h3-9,11,13-15,27H,10,12H2,1-2H3. The van der Waals surface area contributed by atoms with Crippen LogP contribution in [0, 0.1) is 6.92 Å². The van der Waals surface area contributed by atoms with Crippen LogP contribution in [0.3, 0.4) is 0 Å². The van der Waals surface area contributed by atoms with Crippen molar-refractivity contribution in [1.82, 2.24) is 29.4 Å². The zero-order valence-corrected chi connectivity index (χ0v) is 18.8. The summed E-state index contributed by atoms with van der Waals surface area (Å²) in [6, 6.07) is 17.8. The van der Waals surface area contributed by atoms with Gasteiger partial charge >= 0.3 is 0 Å². The lowest BCUT2D eigenvalue weighted by Gasteiger charge is -2.08. The van der Waals surface area contributed by atoms with E-state index in [4.69, 9.17) is 4.74 Å². The Morgan fingerprint density at radius 1 is 1.06 bits per heavy atom. The van der Waals surface area contributed by atoms with Crippen LogP contribution in [0.4, 0.5) is 0 Å². The molecular weight excluding hydrogens is 428 g/mol. The van der Waals surface area contributed by atoms with Gasteiger partial charge in [-0.3, -0.25) is 4.79 Å². The summed E-state index contributed by atoms with van der Waals surface area (Å²) in [6.45, 7) is 2.46. The predicted octanol–water partition coefficient (Wildman–Crippen LogP) is 4.15. The molecule has 4 aromatic heterocycles. The van der Waals surface area contributed by atoms with Crippen LogP contribution in [0.1, 0.15) is 11.3 Å². The molecule has 0 amide bonds. The lowest BCUT2D eigenvalue weighted by atomic mass is 10.1. The maximum atomic E-state index is 13.2. The first kappa shape index (κ1) is 20.2. The van der Waals surface area contributed by atoms with Crippen LogP contribution in [-0.4, -0.2) is 36.5 Å². The van der Waals surface area contributed by atoms with Gasteiger partial charge in [-0.25, -0.2) is 4.52 Å². The van der Waals surface area contributed by atoms with E-state index in [1.54, 1.807) is 22.4 Å². The molecule has 4 heterocycles. The van der Waals surface area contributed by atoms with Gasteiger partial charge in [0.05, 0.1) is 18.4 Å². The Balaban J connectivity index is 1.38. The van der Waals surface area contributed by atoms with Crippen molar-refractivity contribution in [3.8, 4) is 16.9 Å². The highest BCUT2D eigenvalue weighted by molar-refractivity contribution is 5.85. The molecule has 0 fully saturated rings.